The van der Waals surface area contributed by atoms with Gasteiger partial charge in [-0.2, -0.15) is 0 Å². The monoisotopic (exact) mass is 221 g/mol. The Balaban J connectivity index is 3.17. The molecule has 0 aliphatic carbocycles. The fraction of sp³-hybridized carbons (Fsp3) is 0.364. The van der Waals surface area contributed by atoms with Gasteiger partial charge in [-0.25, -0.2) is 0 Å². The lowest BCUT2D eigenvalue weighted by Gasteiger charge is -2.28. The number of carbonyl (C=O) groups excluding carboxylic acids is 2. The van der Waals surface area contributed by atoms with Crippen molar-refractivity contribution in [1.82, 2.24) is 4.98 Å². The smallest absolute Gasteiger partial charge is 0.245 e. The van der Waals surface area contributed by atoms with Crippen LogP contribution in [0.3, 0.4) is 0 Å². The minimum Gasteiger partial charge on any atom is -0.368 e. The fourth-order valence-electron chi connectivity index (χ4n) is 1.39. The molecule has 86 valence electrons. The lowest BCUT2D eigenvalue weighted by atomic mass is 9.80. The van der Waals surface area contributed by atoms with Crippen LogP contribution in [0.4, 0.5) is 0 Å². The Morgan fingerprint density at radius 2 is 2.06 bits per heavy atom. The maximum absolute atomic E-state index is 12.1. The van der Waals surface area contributed by atoms with Gasteiger partial charge in [0.25, 0.3) is 0 Å². The van der Waals surface area contributed by atoms with E-state index in [1.807, 2.05) is 0 Å². The number of aromatic nitrogens is 1. The molecular weight excluding hydrogens is 206 g/mol. The Hall–Kier alpha value is -1.75. The van der Waals surface area contributed by atoms with Crippen molar-refractivity contribution in [2.24, 2.45) is 17.4 Å². The summed E-state index contributed by atoms with van der Waals surface area (Å²) in [7, 11) is 0. The van der Waals surface area contributed by atoms with Crippen LogP contribution in [0.25, 0.3) is 0 Å². The minimum absolute atomic E-state index is 0.289. The summed E-state index contributed by atoms with van der Waals surface area (Å²) >= 11 is 0. The van der Waals surface area contributed by atoms with Crippen molar-refractivity contribution in [1.29, 1.82) is 0 Å². The van der Waals surface area contributed by atoms with Crippen LogP contribution in [-0.2, 0) is 4.79 Å². The number of rotatable bonds is 4. The topological polar surface area (TPSA) is 99.1 Å². The number of hydrogen-bond acceptors (Lipinski definition) is 4. The van der Waals surface area contributed by atoms with Gasteiger partial charge < -0.3 is 11.5 Å². The van der Waals surface area contributed by atoms with Crippen LogP contribution in [0, 0.1) is 5.92 Å². The molecule has 0 aliphatic heterocycles. The van der Waals surface area contributed by atoms with E-state index in [0.29, 0.717) is 0 Å². The summed E-state index contributed by atoms with van der Waals surface area (Å²) in [6.07, 6.45) is 2.91. The average Bonchev–Trinajstić information content (AvgIpc) is 2.27. The van der Waals surface area contributed by atoms with Crippen molar-refractivity contribution >= 4 is 11.7 Å². The number of pyridine rings is 1. The summed E-state index contributed by atoms with van der Waals surface area (Å²) in [6, 6.07) is 3.16. The normalized spacial score (nSPS) is 14.5. The molecule has 0 radical (unpaired) electrons. The Morgan fingerprint density at radius 1 is 1.44 bits per heavy atom. The van der Waals surface area contributed by atoms with E-state index in [1.54, 1.807) is 26.0 Å². The maximum atomic E-state index is 12.1. The van der Waals surface area contributed by atoms with Gasteiger partial charge in [-0.3, -0.25) is 14.6 Å². The van der Waals surface area contributed by atoms with Crippen LogP contribution < -0.4 is 11.5 Å². The van der Waals surface area contributed by atoms with Gasteiger partial charge in [-0.05, 0) is 18.1 Å². The highest BCUT2D eigenvalue weighted by Crippen LogP contribution is 2.19. The van der Waals surface area contributed by atoms with Crippen LogP contribution >= 0.6 is 0 Å². The van der Waals surface area contributed by atoms with Crippen LogP contribution in [0.15, 0.2) is 24.5 Å². The maximum Gasteiger partial charge on any atom is 0.245 e. The van der Waals surface area contributed by atoms with Gasteiger partial charge in [0, 0.05) is 18.0 Å². The molecule has 0 bridgehead atoms. The highest BCUT2D eigenvalue weighted by atomic mass is 16.2. The van der Waals surface area contributed by atoms with Gasteiger partial charge in [0.05, 0.1) is 0 Å². The third kappa shape index (κ3) is 1.94. The summed E-state index contributed by atoms with van der Waals surface area (Å²) in [6.45, 7) is 3.36. The number of carbonyl (C=O) groups is 2. The largest absolute Gasteiger partial charge is 0.368 e. The summed E-state index contributed by atoms with van der Waals surface area (Å²) in [5, 5.41) is 0. The third-order valence-electron chi connectivity index (χ3n) is 2.62. The van der Waals surface area contributed by atoms with Gasteiger partial charge in [0.15, 0.2) is 11.3 Å². The molecule has 0 fully saturated rings. The number of Topliss-reactive ketones (excluding diaryl/α,β-unsaturated/α-hetero) is 1. The van der Waals surface area contributed by atoms with Crippen LogP contribution in [0.2, 0.25) is 0 Å². The van der Waals surface area contributed by atoms with Gasteiger partial charge >= 0.3 is 0 Å². The van der Waals surface area contributed by atoms with E-state index in [0.717, 1.165) is 0 Å². The van der Waals surface area contributed by atoms with Crippen molar-refractivity contribution < 1.29 is 9.59 Å². The van der Waals surface area contributed by atoms with Gasteiger partial charge in [0.2, 0.25) is 5.91 Å². The number of nitrogens with two attached hydrogens (primary N) is 2. The molecule has 5 heteroatoms. The molecule has 4 N–H and O–H groups in total. The Bertz CT molecular complexity index is 403. The molecule has 1 heterocycles. The molecule has 0 saturated carbocycles. The lowest BCUT2D eigenvalue weighted by molar-refractivity contribution is -0.122. The first-order chi connectivity index (χ1) is 7.40. The molecule has 1 aromatic rings. The molecule has 1 atom stereocenters. The van der Waals surface area contributed by atoms with Crippen LogP contribution in [-0.4, -0.2) is 22.2 Å². The average molecular weight is 221 g/mol. The van der Waals surface area contributed by atoms with Crippen molar-refractivity contribution in [3.8, 4) is 0 Å². The predicted octanol–water partition coefficient (Wildman–Crippen LogP) is 0.103. The number of ketones is 1. The molecule has 16 heavy (non-hydrogen) atoms. The molecule has 0 unspecified atom stereocenters. The van der Waals surface area contributed by atoms with Gasteiger partial charge in [0.1, 0.15) is 0 Å². The molecular formula is C11H15N3O2. The molecule has 0 spiro atoms. The molecule has 1 rings (SSSR count). The Kier molecular flexibility index (Phi) is 3.39. The second-order valence-electron chi connectivity index (χ2n) is 3.96. The Labute approximate surface area is 93.8 Å². The zero-order valence-electron chi connectivity index (χ0n) is 9.31. The van der Waals surface area contributed by atoms with E-state index in [-0.39, 0.29) is 11.5 Å². The quantitative estimate of drug-likeness (QED) is 0.556. The molecule has 0 aromatic carbocycles. The number of hydrogen-bond donors (Lipinski definition) is 2. The van der Waals surface area contributed by atoms with Crippen molar-refractivity contribution in [3.05, 3.63) is 30.1 Å². The standard InChI is InChI=1S/C11H15N3O2/c1-7(2)11(13,10(12)16)9(15)8-4-3-5-14-6-8/h3-7H,13H2,1-2H3,(H2,12,16)/t11-/m1/s1. The van der Waals surface area contributed by atoms with E-state index in [1.165, 1.54) is 12.4 Å². The van der Waals surface area contributed by atoms with Crippen molar-refractivity contribution in [2.45, 2.75) is 19.4 Å². The second kappa shape index (κ2) is 4.40. The van der Waals surface area contributed by atoms with Crippen molar-refractivity contribution in [3.63, 3.8) is 0 Å². The zero-order valence-corrected chi connectivity index (χ0v) is 9.31. The lowest BCUT2D eigenvalue weighted by Crippen LogP contribution is -2.61. The minimum atomic E-state index is -1.68. The third-order valence-corrected chi connectivity index (χ3v) is 2.62. The Morgan fingerprint density at radius 3 is 2.44 bits per heavy atom. The molecule has 5 nitrogen and oxygen atoms in total. The van der Waals surface area contributed by atoms with Gasteiger partial charge in [-0.1, -0.05) is 13.8 Å². The van der Waals surface area contributed by atoms with E-state index >= 15 is 0 Å². The summed E-state index contributed by atoms with van der Waals surface area (Å²) in [5.41, 5.74) is 9.62. The molecule has 0 saturated heterocycles. The second-order valence-corrected chi connectivity index (χ2v) is 3.96. The fourth-order valence-corrected chi connectivity index (χ4v) is 1.39. The number of amides is 1. The van der Waals surface area contributed by atoms with Crippen LogP contribution in [0.5, 0.6) is 0 Å². The molecule has 0 aliphatic rings. The predicted molar refractivity (Wildman–Crippen MR) is 59.5 cm³/mol. The SMILES string of the molecule is CC(C)[C@](N)(C(N)=O)C(=O)c1cccnc1. The summed E-state index contributed by atoms with van der Waals surface area (Å²) in [5.74, 6) is -1.70. The first kappa shape index (κ1) is 12.3. The summed E-state index contributed by atoms with van der Waals surface area (Å²) < 4.78 is 0. The van der Waals surface area contributed by atoms with E-state index in [2.05, 4.69) is 4.98 Å². The molecule has 1 aromatic heterocycles. The van der Waals surface area contributed by atoms with E-state index < -0.39 is 17.2 Å². The zero-order chi connectivity index (χ0) is 12.3. The first-order valence-electron chi connectivity index (χ1n) is 4.94. The van der Waals surface area contributed by atoms with Crippen molar-refractivity contribution in [2.75, 3.05) is 0 Å². The van der Waals surface area contributed by atoms with Gasteiger partial charge in [-0.15, -0.1) is 0 Å². The summed E-state index contributed by atoms with van der Waals surface area (Å²) in [4.78, 5) is 27.2. The van der Waals surface area contributed by atoms with E-state index in [9.17, 15) is 9.59 Å². The van der Waals surface area contributed by atoms with Crippen LogP contribution in [0.1, 0.15) is 24.2 Å². The van der Waals surface area contributed by atoms with E-state index in [4.69, 9.17) is 11.5 Å². The highest BCUT2D eigenvalue weighted by Gasteiger charge is 2.43. The molecule has 1 amide bonds. The number of primary amides is 1. The number of nitrogens with zero attached hydrogens (tertiary/aromatic N) is 1. The first-order valence-corrected chi connectivity index (χ1v) is 4.94. The highest BCUT2D eigenvalue weighted by molar-refractivity contribution is 6.17.